The van der Waals surface area contributed by atoms with Crippen molar-refractivity contribution in [2.75, 3.05) is 20.8 Å². The van der Waals surface area contributed by atoms with E-state index in [2.05, 4.69) is 29.1 Å². The number of imidazole rings is 1. The summed E-state index contributed by atoms with van der Waals surface area (Å²) in [5.74, 6) is 0. The van der Waals surface area contributed by atoms with Crippen molar-refractivity contribution in [1.82, 2.24) is 19.5 Å². The van der Waals surface area contributed by atoms with Crippen LogP contribution in [0.15, 0.2) is 35.8 Å². The summed E-state index contributed by atoms with van der Waals surface area (Å²) in [5.41, 5.74) is 11.8. The second-order valence-corrected chi connectivity index (χ2v) is 7.40. The normalized spacial score (nSPS) is 11.4. The Morgan fingerprint density at radius 1 is 1.38 bits per heavy atom. The zero-order valence-corrected chi connectivity index (χ0v) is 18.0. The van der Waals surface area contributed by atoms with Crippen molar-refractivity contribution < 1.29 is 4.74 Å². The number of nitrogens with zero attached hydrogens (tertiary/aromatic N) is 5. The number of hydrogen-bond acceptors (Lipinski definition) is 5. The molecule has 0 saturated carbocycles. The zero-order valence-electron chi connectivity index (χ0n) is 17.2. The van der Waals surface area contributed by atoms with E-state index in [0.29, 0.717) is 0 Å². The van der Waals surface area contributed by atoms with E-state index in [-0.39, 0.29) is 5.11 Å². The molecule has 2 heterocycles. The lowest BCUT2D eigenvalue weighted by Crippen LogP contribution is -2.27. The van der Waals surface area contributed by atoms with E-state index in [9.17, 15) is 0 Å². The molecule has 7 nitrogen and oxygen atoms in total. The fraction of sp³-hybridized carbons (Fsp3) is 0.333. The van der Waals surface area contributed by atoms with Crippen LogP contribution in [0, 0.1) is 6.92 Å². The number of nitrogens with two attached hydrogens (primary N) is 1. The van der Waals surface area contributed by atoms with Crippen LogP contribution in [-0.4, -0.2) is 51.6 Å². The van der Waals surface area contributed by atoms with Crippen LogP contribution in [0.4, 0.5) is 0 Å². The van der Waals surface area contributed by atoms with Gasteiger partial charge in [-0.25, -0.2) is 15.0 Å². The molecular formula is C21H26N6OS. The first kappa shape index (κ1) is 20.9. The molecule has 0 fully saturated rings. The first-order valence-electron chi connectivity index (χ1n) is 9.37. The molecule has 8 heteroatoms. The maximum atomic E-state index is 5.66. The van der Waals surface area contributed by atoms with E-state index in [0.717, 1.165) is 47.3 Å². The molecule has 0 unspecified atom stereocenters. The molecule has 0 aliphatic heterocycles. The molecule has 0 radical (unpaired) electrons. The minimum Gasteiger partial charge on any atom is -0.385 e. The van der Waals surface area contributed by atoms with Gasteiger partial charge in [-0.2, -0.15) is 5.10 Å². The maximum Gasteiger partial charge on any atom is 0.186 e. The predicted octanol–water partition coefficient (Wildman–Crippen LogP) is 3.03. The summed E-state index contributed by atoms with van der Waals surface area (Å²) in [6, 6.07) is 6.35. The average Bonchev–Trinajstić information content (AvgIpc) is 3.12. The molecule has 0 atom stereocenters. The lowest BCUT2D eigenvalue weighted by molar-refractivity contribution is 0.195. The highest BCUT2D eigenvalue weighted by molar-refractivity contribution is 7.80. The molecule has 152 valence electrons. The van der Waals surface area contributed by atoms with Gasteiger partial charge in [-0.1, -0.05) is 0 Å². The third-order valence-corrected chi connectivity index (χ3v) is 5.13. The lowest BCUT2D eigenvalue weighted by Gasteiger charge is -2.13. The topological polar surface area (TPSA) is 81.6 Å². The van der Waals surface area contributed by atoms with Crippen molar-refractivity contribution in [3.63, 3.8) is 0 Å². The van der Waals surface area contributed by atoms with Crippen LogP contribution in [-0.2, 0) is 18.2 Å². The molecule has 2 aromatic heterocycles. The van der Waals surface area contributed by atoms with Gasteiger partial charge in [0.2, 0.25) is 0 Å². The van der Waals surface area contributed by atoms with E-state index in [1.165, 1.54) is 16.1 Å². The third kappa shape index (κ3) is 4.78. The number of fused-ring (bicyclic) bond motifs is 1. The Balaban J connectivity index is 2.14. The lowest BCUT2D eigenvalue weighted by atomic mass is 9.98. The smallest absolute Gasteiger partial charge is 0.186 e. The number of aromatic nitrogens is 3. The molecule has 0 amide bonds. The predicted molar refractivity (Wildman–Crippen MR) is 121 cm³/mol. The van der Waals surface area contributed by atoms with Gasteiger partial charge < -0.3 is 15.0 Å². The Hall–Kier alpha value is -2.84. The number of methoxy groups -OCH3 is 1. The Morgan fingerprint density at radius 3 is 2.83 bits per heavy atom. The van der Waals surface area contributed by atoms with Gasteiger partial charge in [-0.15, -0.1) is 0 Å². The summed E-state index contributed by atoms with van der Waals surface area (Å²) in [5, 5.41) is 7.11. The molecule has 29 heavy (non-hydrogen) atoms. The van der Waals surface area contributed by atoms with Gasteiger partial charge in [-0.3, -0.25) is 0 Å². The van der Waals surface area contributed by atoms with Crippen LogP contribution >= 0.6 is 12.2 Å². The van der Waals surface area contributed by atoms with Crippen LogP contribution in [0.25, 0.3) is 22.3 Å². The molecule has 0 bridgehead atoms. The number of aryl methyl sites for hydroxylation is 3. The van der Waals surface area contributed by atoms with Gasteiger partial charge in [-0.05, 0) is 61.3 Å². The Morgan fingerprint density at radius 2 is 2.17 bits per heavy atom. The van der Waals surface area contributed by atoms with Crippen LogP contribution in [0.1, 0.15) is 23.1 Å². The molecule has 0 saturated heterocycles. The Bertz CT molecular complexity index is 1060. The summed E-state index contributed by atoms with van der Waals surface area (Å²) in [4.78, 5) is 9.10. The van der Waals surface area contributed by atoms with Crippen LogP contribution in [0.5, 0.6) is 0 Å². The van der Waals surface area contributed by atoms with Gasteiger partial charge in [0, 0.05) is 38.8 Å². The zero-order chi connectivity index (χ0) is 21.0. The molecule has 0 spiro atoms. The SMILES string of the molecule is COCCCc1cc2c(C=NN(C)C(N)=S)cc(-c3cncn3C)nc2cc1C. The highest BCUT2D eigenvalue weighted by Gasteiger charge is 2.12. The fourth-order valence-corrected chi connectivity index (χ4v) is 3.22. The Kier molecular flexibility index (Phi) is 6.56. The van der Waals surface area contributed by atoms with E-state index >= 15 is 0 Å². The van der Waals surface area contributed by atoms with Crippen molar-refractivity contribution in [3.05, 3.63) is 47.4 Å². The van der Waals surface area contributed by atoms with Gasteiger partial charge >= 0.3 is 0 Å². The number of rotatable bonds is 7. The van der Waals surface area contributed by atoms with Crippen molar-refractivity contribution in [2.24, 2.45) is 17.9 Å². The fourth-order valence-electron chi connectivity index (χ4n) is 3.17. The van der Waals surface area contributed by atoms with Gasteiger partial charge in [0.15, 0.2) is 5.11 Å². The molecule has 1 aromatic carbocycles. The van der Waals surface area contributed by atoms with Crippen molar-refractivity contribution >= 4 is 34.4 Å². The second-order valence-electron chi connectivity index (χ2n) is 6.99. The molecule has 3 rings (SSSR count). The highest BCUT2D eigenvalue weighted by atomic mass is 32.1. The quantitative estimate of drug-likeness (QED) is 0.279. The Labute approximate surface area is 176 Å². The van der Waals surface area contributed by atoms with Gasteiger partial charge in [0.05, 0.1) is 35.6 Å². The third-order valence-electron chi connectivity index (χ3n) is 4.86. The van der Waals surface area contributed by atoms with Crippen molar-refractivity contribution in [3.8, 4) is 11.4 Å². The van der Waals surface area contributed by atoms with Crippen LogP contribution in [0.3, 0.4) is 0 Å². The maximum absolute atomic E-state index is 5.66. The number of thiocarbonyl (C=S) groups is 1. The first-order valence-corrected chi connectivity index (χ1v) is 9.78. The monoisotopic (exact) mass is 410 g/mol. The number of hydrogen-bond donors (Lipinski definition) is 1. The molecular weight excluding hydrogens is 384 g/mol. The number of hydrazone groups is 1. The minimum atomic E-state index is 0.211. The van der Waals surface area contributed by atoms with Crippen LogP contribution < -0.4 is 5.73 Å². The van der Waals surface area contributed by atoms with Crippen molar-refractivity contribution in [1.29, 1.82) is 0 Å². The van der Waals surface area contributed by atoms with Crippen molar-refractivity contribution in [2.45, 2.75) is 19.8 Å². The summed E-state index contributed by atoms with van der Waals surface area (Å²) >= 11 is 4.99. The minimum absolute atomic E-state index is 0.211. The van der Waals surface area contributed by atoms with Crippen LogP contribution in [0.2, 0.25) is 0 Å². The standard InChI is InChI=1S/C21H26N6OS/c1-14-8-18-17(9-15(14)6-5-7-28-4)16(11-24-27(3)21(22)29)10-19(25-18)20-12-23-13-26(20)2/h8-13H,5-7H2,1-4H3,(H2,22,29). The number of benzene rings is 1. The number of pyridine rings is 1. The molecule has 0 aliphatic rings. The van der Waals surface area contributed by atoms with E-state index in [1.54, 1.807) is 26.7 Å². The van der Waals surface area contributed by atoms with E-state index in [4.69, 9.17) is 27.7 Å². The molecule has 0 aliphatic carbocycles. The number of ether oxygens (including phenoxy) is 1. The summed E-state index contributed by atoms with van der Waals surface area (Å²) in [6.45, 7) is 2.86. The first-order chi connectivity index (χ1) is 13.9. The van der Waals surface area contributed by atoms with Gasteiger partial charge in [0.25, 0.3) is 0 Å². The molecule has 3 aromatic rings. The summed E-state index contributed by atoms with van der Waals surface area (Å²) in [7, 11) is 5.40. The average molecular weight is 411 g/mol. The van der Waals surface area contributed by atoms with E-state index in [1.807, 2.05) is 23.9 Å². The van der Waals surface area contributed by atoms with E-state index < -0.39 is 0 Å². The molecule has 2 N–H and O–H groups in total. The largest absolute Gasteiger partial charge is 0.385 e. The second kappa shape index (κ2) is 9.11. The summed E-state index contributed by atoms with van der Waals surface area (Å²) < 4.78 is 7.15. The highest BCUT2D eigenvalue weighted by Crippen LogP contribution is 2.27. The summed E-state index contributed by atoms with van der Waals surface area (Å²) in [6.07, 6.45) is 7.26. The van der Waals surface area contributed by atoms with Gasteiger partial charge in [0.1, 0.15) is 0 Å².